The van der Waals surface area contributed by atoms with Crippen LogP contribution in [-0.4, -0.2) is 88.2 Å². The van der Waals surface area contributed by atoms with Gasteiger partial charge in [-0.05, 0) is 91.0 Å². The lowest BCUT2D eigenvalue weighted by Gasteiger charge is -2.37. The quantitative estimate of drug-likeness (QED) is 0.350. The van der Waals surface area contributed by atoms with Crippen LogP contribution in [0.15, 0.2) is 60.0 Å². The van der Waals surface area contributed by atoms with Crippen LogP contribution in [0.3, 0.4) is 0 Å². The number of amides is 1. The number of H-pyrrole nitrogens is 1. The number of nitriles is 1. The number of rotatable bonds is 10. The van der Waals surface area contributed by atoms with Crippen molar-refractivity contribution in [2.24, 2.45) is 13.0 Å². The fraction of sp³-hybridized carbons (Fsp3) is 0.459. The van der Waals surface area contributed by atoms with Crippen LogP contribution in [-0.2, 0) is 25.3 Å². The number of carbonyl (C=O) groups is 1. The van der Waals surface area contributed by atoms with Gasteiger partial charge in [-0.25, -0.2) is 9.48 Å². The van der Waals surface area contributed by atoms with Gasteiger partial charge >= 0.3 is 5.69 Å². The molecule has 0 spiro atoms. The molecule has 10 heteroatoms. The van der Waals surface area contributed by atoms with Crippen molar-refractivity contribution in [3.63, 3.8) is 0 Å². The maximum Gasteiger partial charge on any atom is 0.343 e. The first kappa shape index (κ1) is 32.3. The summed E-state index contributed by atoms with van der Waals surface area (Å²) < 4.78 is 1.36. The molecule has 1 saturated heterocycles. The van der Waals surface area contributed by atoms with Gasteiger partial charge in [-0.3, -0.25) is 9.78 Å². The molecule has 2 heterocycles. The van der Waals surface area contributed by atoms with Crippen LogP contribution in [0.1, 0.15) is 70.2 Å². The van der Waals surface area contributed by atoms with E-state index >= 15 is 0 Å². The lowest BCUT2D eigenvalue weighted by molar-refractivity contribution is 0.0827. The summed E-state index contributed by atoms with van der Waals surface area (Å²) in [6, 6.07) is 15.2. The van der Waals surface area contributed by atoms with E-state index < -0.39 is 5.41 Å². The van der Waals surface area contributed by atoms with Gasteiger partial charge < -0.3 is 20.0 Å². The van der Waals surface area contributed by atoms with E-state index in [-0.39, 0.29) is 23.7 Å². The number of nitrogens with zero attached hydrogens (tertiary/aromatic N) is 6. The van der Waals surface area contributed by atoms with E-state index in [4.69, 9.17) is 5.10 Å². The van der Waals surface area contributed by atoms with Crippen LogP contribution in [0.2, 0.25) is 0 Å². The fourth-order valence-electron chi connectivity index (χ4n) is 7.79. The number of aromatic nitrogens is 3. The van der Waals surface area contributed by atoms with Crippen molar-refractivity contribution < 1.29 is 4.79 Å². The number of hydrogen-bond acceptors (Lipinski definition) is 7. The second kappa shape index (κ2) is 12.2. The van der Waals surface area contributed by atoms with Gasteiger partial charge in [0, 0.05) is 70.8 Å². The number of fused-ring (bicyclic) bond motifs is 3. The van der Waals surface area contributed by atoms with E-state index in [1.807, 2.05) is 31.1 Å². The molecule has 3 aromatic rings. The highest BCUT2D eigenvalue weighted by Crippen LogP contribution is 2.50. The average Bonchev–Trinajstić information content (AvgIpc) is 3.62. The molecule has 2 aromatic carbocycles. The molecule has 0 bridgehead atoms. The van der Waals surface area contributed by atoms with Gasteiger partial charge in [-0.2, -0.15) is 10.4 Å². The fourth-order valence-corrected chi connectivity index (χ4v) is 7.79. The minimum atomic E-state index is -0.836. The minimum absolute atomic E-state index is 0.0475. The predicted octanol–water partition coefficient (Wildman–Crippen LogP) is 3.64. The van der Waals surface area contributed by atoms with Gasteiger partial charge in [0.05, 0.1) is 11.5 Å². The highest BCUT2D eigenvalue weighted by molar-refractivity contribution is 5.94. The van der Waals surface area contributed by atoms with Crippen LogP contribution >= 0.6 is 0 Å². The third-order valence-electron chi connectivity index (χ3n) is 10.4. The van der Waals surface area contributed by atoms with Gasteiger partial charge in [0.1, 0.15) is 11.9 Å². The number of piperidine rings is 1. The molecule has 3 unspecified atom stereocenters. The second-order valence-electron chi connectivity index (χ2n) is 14.0. The molecule has 6 rings (SSSR count). The number of aryl methyl sites for hydroxylation is 3. The molecule has 1 saturated carbocycles. The zero-order valence-corrected chi connectivity index (χ0v) is 28.4. The number of nitrogens with one attached hydrogen (secondary N) is 2. The average molecular weight is 635 g/mol. The van der Waals surface area contributed by atoms with Gasteiger partial charge in [-0.15, -0.1) is 0 Å². The lowest BCUT2D eigenvalue weighted by Crippen LogP contribution is -2.42. The lowest BCUT2D eigenvalue weighted by atomic mass is 9.67. The van der Waals surface area contributed by atoms with Crippen molar-refractivity contribution in [3.8, 4) is 6.07 Å². The Morgan fingerprint density at radius 3 is 2.30 bits per heavy atom. The predicted molar refractivity (Wildman–Crippen MR) is 184 cm³/mol. The van der Waals surface area contributed by atoms with E-state index in [9.17, 15) is 14.9 Å². The maximum absolute atomic E-state index is 13.1. The van der Waals surface area contributed by atoms with Crippen LogP contribution in [0.25, 0.3) is 5.70 Å². The topological polar surface area (TPSA) is 113 Å². The van der Waals surface area contributed by atoms with Crippen LogP contribution in [0, 0.1) is 17.2 Å². The third-order valence-corrected chi connectivity index (χ3v) is 10.4. The molecule has 1 aliphatic heterocycles. The highest BCUT2D eigenvalue weighted by Gasteiger charge is 2.52. The molecular formula is C37H46N8O2. The highest BCUT2D eigenvalue weighted by atomic mass is 16.2. The van der Waals surface area contributed by atoms with Gasteiger partial charge in [0.25, 0.3) is 5.91 Å². The Bertz CT molecular complexity index is 1770. The van der Waals surface area contributed by atoms with E-state index in [2.05, 4.69) is 65.6 Å². The molecule has 47 heavy (non-hydrogen) atoms. The summed E-state index contributed by atoms with van der Waals surface area (Å²) in [4.78, 5) is 35.1. The minimum Gasteiger partial charge on any atom is -0.378 e. The number of aromatic amines is 1. The Kier molecular flexibility index (Phi) is 8.39. The molecule has 1 amide bonds. The SMILES string of the molecule is C=C(c1ccc2c(c1)CCc1cc(C(=O)N(C)C)ccc1C2(C[C@H](C)NCC(=C)N1C(C#N)C[C@@H]2CC21)c1nn(C)c(=O)[nH]1)N(C)C. The molecule has 3 aliphatic rings. The number of hydrogen-bond donors (Lipinski definition) is 2. The van der Waals surface area contributed by atoms with Gasteiger partial charge in [0.15, 0.2) is 0 Å². The molecule has 2 aliphatic carbocycles. The summed E-state index contributed by atoms with van der Waals surface area (Å²) in [7, 11) is 9.16. The van der Waals surface area contributed by atoms with Crippen LogP contribution < -0.4 is 11.0 Å². The smallest absolute Gasteiger partial charge is 0.343 e. The zero-order chi connectivity index (χ0) is 33.8. The van der Waals surface area contributed by atoms with Crippen molar-refractivity contribution in [2.45, 2.75) is 62.6 Å². The Morgan fingerprint density at radius 2 is 1.72 bits per heavy atom. The summed E-state index contributed by atoms with van der Waals surface area (Å²) in [5.74, 6) is 1.12. The molecule has 1 aromatic heterocycles. The summed E-state index contributed by atoms with van der Waals surface area (Å²) in [5, 5.41) is 18.3. The summed E-state index contributed by atoms with van der Waals surface area (Å²) in [6.45, 7) is 11.4. The van der Waals surface area contributed by atoms with E-state index in [0.29, 0.717) is 36.3 Å². The summed E-state index contributed by atoms with van der Waals surface area (Å²) in [5.41, 5.74) is 6.70. The van der Waals surface area contributed by atoms with Crippen LogP contribution in [0.4, 0.5) is 0 Å². The Hall–Kier alpha value is -4.62. The molecular weight excluding hydrogens is 588 g/mol. The van der Waals surface area contributed by atoms with Gasteiger partial charge in [-0.1, -0.05) is 31.4 Å². The first-order valence-electron chi connectivity index (χ1n) is 16.4. The number of benzene rings is 2. The Morgan fingerprint density at radius 1 is 1.09 bits per heavy atom. The molecule has 2 fully saturated rings. The standard InChI is InChI=1S/C37H46N8O2/c1-22(39-21-23(2)45-30(20-38)17-29-18-33(29)45)19-37(35-40-36(47)44(8)41-35)31-13-11-25(24(3)42(4)5)15-26(31)9-10-27-16-28(12-14-32(27)37)34(46)43(6)7/h11-16,22,29-30,33,39H,2-3,9-10,17-19,21H2,1,4-8H3,(H,40,41,47)/t22-,29+,30?,33?,37?/m0/s1. The first-order valence-corrected chi connectivity index (χ1v) is 16.4. The Balaban J connectivity index is 1.46. The molecule has 2 N–H and O–H groups in total. The second-order valence-corrected chi connectivity index (χ2v) is 14.0. The number of carbonyl (C=O) groups excluding carboxylic acids is 1. The number of likely N-dealkylation sites (tertiary alicyclic amines) is 1. The van der Waals surface area contributed by atoms with Crippen molar-refractivity contribution in [3.05, 3.63) is 105 Å². The first-order chi connectivity index (χ1) is 22.3. The molecule has 10 nitrogen and oxygen atoms in total. The third kappa shape index (κ3) is 5.67. The molecule has 246 valence electrons. The molecule has 0 radical (unpaired) electrons. The van der Waals surface area contributed by atoms with Crippen molar-refractivity contribution >= 4 is 11.6 Å². The van der Waals surface area contributed by atoms with E-state index in [0.717, 1.165) is 64.9 Å². The largest absolute Gasteiger partial charge is 0.378 e. The Labute approximate surface area is 277 Å². The summed E-state index contributed by atoms with van der Waals surface area (Å²) >= 11 is 0. The maximum atomic E-state index is 13.1. The van der Waals surface area contributed by atoms with Gasteiger partial charge in [0.2, 0.25) is 0 Å². The van der Waals surface area contributed by atoms with E-state index in [1.54, 1.807) is 26.0 Å². The van der Waals surface area contributed by atoms with Crippen molar-refractivity contribution in [1.82, 2.24) is 34.8 Å². The van der Waals surface area contributed by atoms with Crippen molar-refractivity contribution in [2.75, 3.05) is 34.7 Å². The zero-order valence-electron chi connectivity index (χ0n) is 28.4. The summed E-state index contributed by atoms with van der Waals surface area (Å²) in [6.07, 6.45) is 4.10. The molecule has 5 atom stereocenters. The normalized spacial score (nSPS) is 23.1. The van der Waals surface area contributed by atoms with Crippen LogP contribution in [0.5, 0.6) is 0 Å². The van der Waals surface area contributed by atoms with E-state index in [1.165, 1.54) is 4.68 Å². The van der Waals surface area contributed by atoms with Crippen molar-refractivity contribution in [1.29, 1.82) is 5.26 Å². The monoisotopic (exact) mass is 634 g/mol.